The second kappa shape index (κ2) is 3.15. The van der Waals surface area contributed by atoms with Crippen molar-refractivity contribution in [2.24, 2.45) is 0 Å². The first-order valence-corrected chi connectivity index (χ1v) is 4.29. The molecule has 0 aliphatic rings. The SMILES string of the molecule is Oc1c(I)ccc(Cl)c1Cl. The van der Waals surface area contributed by atoms with Gasteiger partial charge in [0.15, 0.2) is 0 Å². The van der Waals surface area contributed by atoms with Gasteiger partial charge in [-0.15, -0.1) is 0 Å². The third-order valence-corrected chi connectivity index (χ3v) is 2.68. The molecule has 0 unspecified atom stereocenters. The van der Waals surface area contributed by atoms with E-state index in [0.717, 1.165) is 0 Å². The zero-order chi connectivity index (χ0) is 7.72. The van der Waals surface area contributed by atoms with Crippen molar-refractivity contribution >= 4 is 45.8 Å². The van der Waals surface area contributed by atoms with Crippen LogP contribution in [0.3, 0.4) is 0 Å². The average molecular weight is 289 g/mol. The monoisotopic (exact) mass is 288 g/mol. The van der Waals surface area contributed by atoms with Crippen LogP contribution in [0.4, 0.5) is 0 Å². The highest BCUT2D eigenvalue weighted by molar-refractivity contribution is 14.1. The molecule has 0 bridgehead atoms. The first kappa shape index (κ1) is 8.43. The summed E-state index contributed by atoms with van der Waals surface area (Å²) >= 11 is 13.2. The molecule has 0 saturated carbocycles. The molecule has 1 aromatic carbocycles. The predicted octanol–water partition coefficient (Wildman–Crippen LogP) is 3.30. The van der Waals surface area contributed by atoms with Crippen LogP contribution in [0.5, 0.6) is 5.75 Å². The lowest BCUT2D eigenvalue weighted by atomic mass is 10.3. The zero-order valence-corrected chi connectivity index (χ0v) is 8.41. The van der Waals surface area contributed by atoms with Gasteiger partial charge in [0, 0.05) is 0 Å². The van der Waals surface area contributed by atoms with Crippen molar-refractivity contribution in [3.63, 3.8) is 0 Å². The van der Waals surface area contributed by atoms with Gasteiger partial charge in [-0.25, -0.2) is 0 Å². The third-order valence-electron chi connectivity index (χ3n) is 1.02. The van der Waals surface area contributed by atoms with Crippen molar-refractivity contribution < 1.29 is 5.11 Å². The molecule has 1 aromatic rings. The van der Waals surface area contributed by atoms with Crippen LogP contribution in [0.15, 0.2) is 12.1 Å². The fourth-order valence-corrected chi connectivity index (χ4v) is 1.44. The van der Waals surface area contributed by atoms with Crippen molar-refractivity contribution in [2.75, 3.05) is 0 Å². The van der Waals surface area contributed by atoms with Crippen LogP contribution in [0.1, 0.15) is 0 Å². The number of phenolic OH excluding ortho intramolecular Hbond substituents is 1. The Labute approximate surface area is 82.1 Å². The van der Waals surface area contributed by atoms with Gasteiger partial charge < -0.3 is 5.11 Å². The number of hydrogen-bond acceptors (Lipinski definition) is 1. The maximum atomic E-state index is 9.16. The molecule has 0 fully saturated rings. The molecule has 54 valence electrons. The summed E-state index contributed by atoms with van der Waals surface area (Å²) < 4.78 is 0.701. The van der Waals surface area contributed by atoms with Crippen LogP contribution in [0, 0.1) is 3.57 Å². The number of benzene rings is 1. The van der Waals surface area contributed by atoms with E-state index in [1.54, 1.807) is 12.1 Å². The maximum Gasteiger partial charge on any atom is 0.149 e. The molecule has 0 heterocycles. The fourth-order valence-electron chi connectivity index (χ4n) is 0.516. The summed E-state index contributed by atoms with van der Waals surface area (Å²) in [5.74, 6) is 0.0507. The number of aromatic hydroxyl groups is 1. The minimum absolute atomic E-state index is 0.0507. The number of halogens is 3. The largest absolute Gasteiger partial charge is 0.505 e. The van der Waals surface area contributed by atoms with Crippen LogP contribution in [-0.4, -0.2) is 5.11 Å². The third kappa shape index (κ3) is 1.49. The Morgan fingerprint density at radius 1 is 1.30 bits per heavy atom. The van der Waals surface area contributed by atoms with E-state index in [1.807, 2.05) is 22.6 Å². The van der Waals surface area contributed by atoms with E-state index in [-0.39, 0.29) is 10.8 Å². The molecule has 0 radical (unpaired) electrons. The zero-order valence-electron chi connectivity index (χ0n) is 4.74. The highest BCUT2D eigenvalue weighted by atomic mass is 127. The van der Waals surface area contributed by atoms with Gasteiger partial charge in [-0.3, -0.25) is 0 Å². The van der Waals surface area contributed by atoms with Crippen LogP contribution in [0.25, 0.3) is 0 Å². The standard InChI is InChI=1S/C6H3Cl2IO/c7-3-1-2-4(9)6(10)5(3)8/h1-2,10H. The molecule has 4 heteroatoms. The number of phenols is 1. The van der Waals surface area contributed by atoms with Crippen molar-refractivity contribution in [3.05, 3.63) is 25.7 Å². The highest BCUT2D eigenvalue weighted by Gasteiger charge is 2.05. The van der Waals surface area contributed by atoms with E-state index in [0.29, 0.717) is 8.59 Å². The Bertz CT molecular complexity index is 235. The summed E-state index contributed by atoms with van der Waals surface area (Å²) in [6.45, 7) is 0. The van der Waals surface area contributed by atoms with E-state index in [2.05, 4.69) is 0 Å². The second-order valence-electron chi connectivity index (χ2n) is 1.69. The van der Waals surface area contributed by atoms with Gasteiger partial charge in [-0.1, -0.05) is 23.2 Å². The molecular formula is C6H3Cl2IO. The summed E-state index contributed by atoms with van der Waals surface area (Å²) in [5, 5.41) is 9.75. The van der Waals surface area contributed by atoms with Crippen LogP contribution < -0.4 is 0 Å². The molecule has 0 atom stereocenters. The topological polar surface area (TPSA) is 20.2 Å². The molecule has 0 aromatic heterocycles. The molecule has 0 saturated heterocycles. The summed E-state index contributed by atoms with van der Waals surface area (Å²) in [6.07, 6.45) is 0. The summed E-state index contributed by atoms with van der Waals surface area (Å²) in [5.41, 5.74) is 0. The highest BCUT2D eigenvalue weighted by Crippen LogP contribution is 2.34. The normalized spacial score (nSPS) is 9.90. The van der Waals surface area contributed by atoms with Crippen molar-refractivity contribution in [1.29, 1.82) is 0 Å². The van der Waals surface area contributed by atoms with E-state index in [9.17, 15) is 0 Å². The minimum atomic E-state index is 0.0507. The van der Waals surface area contributed by atoms with E-state index in [1.165, 1.54) is 0 Å². The Morgan fingerprint density at radius 3 is 2.40 bits per heavy atom. The lowest BCUT2D eigenvalue weighted by Gasteiger charge is -1.99. The van der Waals surface area contributed by atoms with Crippen molar-refractivity contribution in [1.82, 2.24) is 0 Å². The van der Waals surface area contributed by atoms with E-state index >= 15 is 0 Å². The second-order valence-corrected chi connectivity index (χ2v) is 3.64. The summed E-state index contributed by atoms with van der Waals surface area (Å²) in [6, 6.07) is 3.34. The molecule has 0 aliphatic heterocycles. The Morgan fingerprint density at radius 2 is 1.90 bits per heavy atom. The molecule has 1 nitrogen and oxygen atoms in total. The number of rotatable bonds is 0. The first-order valence-electron chi connectivity index (χ1n) is 2.45. The predicted molar refractivity (Wildman–Crippen MR) is 50.8 cm³/mol. The molecule has 1 N–H and O–H groups in total. The number of hydrogen-bond donors (Lipinski definition) is 1. The van der Waals surface area contributed by atoms with Gasteiger partial charge in [0.1, 0.15) is 10.8 Å². The Hall–Kier alpha value is 0.330. The molecule has 0 aliphatic carbocycles. The Kier molecular flexibility index (Phi) is 2.66. The van der Waals surface area contributed by atoms with Gasteiger partial charge in [0.25, 0.3) is 0 Å². The van der Waals surface area contributed by atoms with Gasteiger partial charge >= 0.3 is 0 Å². The van der Waals surface area contributed by atoms with Gasteiger partial charge in [-0.05, 0) is 34.7 Å². The maximum absolute atomic E-state index is 9.16. The lowest BCUT2D eigenvalue weighted by Crippen LogP contribution is -1.75. The molecule has 0 spiro atoms. The van der Waals surface area contributed by atoms with Crippen molar-refractivity contribution in [2.45, 2.75) is 0 Å². The summed E-state index contributed by atoms with van der Waals surface area (Å²) in [4.78, 5) is 0. The van der Waals surface area contributed by atoms with Crippen molar-refractivity contribution in [3.8, 4) is 5.75 Å². The van der Waals surface area contributed by atoms with E-state index < -0.39 is 0 Å². The fraction of sp³-hybridized carbons (Fsp3) is 0. The van der Waals surface area contributed by atoms with Crippen LogP contribution in [-0.2, 0) is 0 Å². The van der Waals surface area contributed by atoms with Gasteiger partial charge in [-0.2, -0.15) is 0 Å². The molecule has 0 amide bonds. The average Bonchev–Trinajstić information content (AvgIpc) is 1.93. The minimum Gasteiger partial charge on any atom is -0.505 e. The molecule has 10 heavy (non-hydrogen) atoms. The quantitative estimate of drug-likeness (QED) is 0.574. The van der Waals surface area contributed by atoms with Gasteiger partial charge in [0.05, 0.1) is 8.59 Å². The summed E-state index contributed by atoms with van der Waals surface area (Å²) in [7, 11) is 0. The lowest BCUT2D eigenvalue weighted by molar-refractivity contribution is 0.472. The van der Waals surface area contributed by atoms with Crippen LogP contribution >= 0.6 is 45.8 Å². The van der Waals surface area contributed by atoms with E-state index in [4.69, 9.17) is 28.3 Å². The smallest absolute Gasteiger partial charge is 0.149 e. The van der Waals surface area contributed by atoms with Crippen LogP contribution in [0.2, 0.25) is 10.0 Å². The molecule has 1 rings (SSSR count). The molecular weight excluding hydrogens is 286 g/mol. The Balaban J connectivity index is 3.34. The van der Waals surface area contributed by atoms with Gasteiger partial charge in [0.2, 0.25) is 0 Å². The first-order chi connectivity index (χ1) is 4.63.